The molecular weight excluding hydrogens is 621 g/mol. The van der Waals surface area contributed by atoms with Crippen LogP contribution in [0.1, 0.15) is 39.8 Å². The molecule has 2 aromatic heterocycles. The second-order valence-electron chi connectivity index (χ2n) is 10.3. The van der Waals surface area contributed by atoms with Crippen molar-refractivity contribution in [1.82, 2.24) is 24.9 Å². The fourth-order valence-corrected chi connectivity index (χ4v) is 7.53. The average Bonchev–Trinajstić information content (AvgIpc) is 3.45. The van der Waals surface area contributed by atoms with Crippen molar-refractivity contribution >= 4 is 54.4 Å². The van der Waals surface area contributed by atoms with Crippen LogP contribution in [0, 0.1) is 6.92 Å². The monoisotopic (exact) mass is 655 g/mol. The highest BCUT2D eigenvalue weighted by molar-refractivity contribution is 7.99. The number of hydrogen-bond donors (Lipinski definition) is 2. The standard InChI is InChI=1S/C34H34N5O5PS/c1-23-11-5-6-12-25(23)22-44-45(42,38-24(2)34(41)43-4)39-31-21-27(46-32-15-8-7-14-29(32)33(40)35-3)17-18-28(31)30(37-39)19-16-26-13-9-10-20-36-26/h5-21,24H,22H2,1-4H3,(H,35,40)(H,38,42)/b19-16+/t24-,45?/m0/s1. The van der Waals surface area contributed by atoms with E-state index in [1.165, 1.54) is 23.3 Å². The van der Waals surface area contributed by atoms with Crippen molar-refractivity contribution in [1.29, 1.82) is 0 Å². The van der Waals surface area contributed by atoms with E-state index in [4.69, 9.17) is 14.4 Å². The summed E-state index contributed by atoms with van der Waals surface area (Å²) in [6.45, 7) is 3.50. The zero-order chi connectivity index (χ0) is 32.7. The number of rotatable bonds is 12. The van der Waals surface area contributed by atoms with Crippen molar-refractivity contribution in [3.63, 3.8) is 0 Å². The highest BCUT2D eigenvalue weighted by atomic mass is 32.2. The summed E-state index contributed by atoms with van der Waals surface area (Å²) in [5.41, 5.74) is 4.08. The van der Waals surface area contributed by atoms with E-state index in [-0.39, 0.29) is 12.5 Å². The molecule has 0 aliphatic heterocycles. The number of benzene rings is 3. The number of amides is 1. The van der Waals surface area contributed by atoms with Crippen LogP contribution < -0.4 is 10.4 Å². The molecule has 10 nitrogen and oxygen atoms in total. The Kier molecular flexibility index (Phi) is 10.5. The maximum Gasteiger partial charge on any atom is 0.389 e. The molecule has 5 aromatic rings. The quantitative estimate of drug-likeness (QED) is 0.111. The van der Waals surface area contributed by atoms with E-state index in [2.05, 4.69) is 15.4 Å². The zero-order valence-electron chi connectivity index (χ0n) is 25.8. The number of hydrogen-bond acceptors (Lipinski definition) is 8. The number of aryl methyl sites for hydroxylation is 1. The third kappa shape index (κ3) is 7.46. The Hall–Kier alpha value is -4.54. The fraction of sp³-hybridized carbons (Fsp3) is 0.176. The minimum atomic E-state index is -4.10. The molecule has 46 heavy (non-hydrogen) atoms. The van der Waals surface area contributed by atoms with Gasteiger partial charge < -0.3 is 10.1 Å². The van der Waals surface area contributed by atoms with Gasteiger partial charge in [0.15, 0.2) is 0 Å². The first-order valence-corrected chi connectivity index (χ1v) is 16.9. The number of carbonyl (C=O) groups is 2. The minimum Gasteiger partial charge on any atom is -0.468 e. The molecule has 2 heterocycles. The van der Waals surface area contributed by atoms with Crippen molar-refractivity contribution in [3.05, 3.63) is 119 Å². The van der Waals surface area contributed by atoms with Crippen molar-refractivity contribution in [2.45, 2.75) is 36.3 Å². The molecule has 2 atom stereocenters. The van der Waals surface area contributed by atoms with Gasteiger partial charge in [-0.05, 0) is 79.6 Å². The van der Waals surface area contributed by atoms with Crippen LogP contribution in [0.25, 0.3) is 23.1 Å². The van der Waals surface area contributed by atoms with E-state index in [1.54, 1.807) is 32.3 Å². The molecule has 0 aliphatic rings. The van der Waals surface area contributed by atoms with Crippen molar-refractivity contribution in [2.24, 2.45) is 0 Å². The molecule has 0 spiro atoms. The Labute approximate surface area is 271 Å². The van der Waals surface area contributed by atoms with Crippen LogP contribution in [0.2, 0.25) is 0 Å². The molecule has 0 saturated heterocycles. The lowest BCUT2D eigenvalue weighted by Crippen LogP contribution is -2.35. The maximum absolute atomic E-state index is 14.9. The molecule has 5 rings (SSSR count). The van der Waals surface area contributed by atoms with Gasteiger partial charge in [0.05, 0.1) is 36.2 Å². The summed E-state index contributed by atoms with van der Waals surface area (Å²) in [4.78, 5) is 30.9. The third-order valence-electron chi connectivity index (χ3n) is 7.17. The predicted octanol–water partition coefficient (Wildman–Crippen LogP) is 6.75. The normalized spacial score (nSPS) is 13.4. The van der Waals surface area contributed by atoms with Crippen LogP contribution in [0.3, 0.4) is 0 Å². The second kappa shape index (κ2) is 14.7. The lowest BCUT2D eigenvalue weighted by Gasteiger charge is -2.23. The Balaban J connectivity index is 1.64. The van der Waals surface area contributed by atoms with E-state index in [0.717, 1.165) is 26.6 Å². The molecule has 0 radical (unpaired) electrons. The van der Waals surface area contributed by atoms with Gasteiger partial charge in [0.1, 0.15) is 6.04 Å². The van der Waals surface area contributed by atoms with Crippen LogP contribution in [0.4, 0.5) is 0 Å². The van der Waals surface area contributed by atoms with Crippen LogP contribution in [-0.2, 0) is 25.2 Å². The SMILES string of the molecule is CNC(=O)c1ccccc1Sc1ccc2c(/C=C/c3ccccn3)nn(P(=O)(N[C@@H](C)C(=O)OC)OCc3ccccc3C)c2c1. The van der Waals surface area contributed by atoms with Gasteiger partial charge in [0, 0.05) is 28.4 Å². The van der Waals surface area contributed by atoms with Crippen LogP contribution in [0.5, 0.6) is 0 Å². The number of fused-ring (bicyclic) bond motifs is 1. The molecule has 3 aromatic carbocycles. The molecule has 2 N–H and O–H groups in total. The first-order valence-electron chi connectivity index (χ1n) is 14.5. The van der Waals surface area contributed by atoms with Gasteiger partial charge in [0.25, 0.3) is 5.91 Å². The van der Waals surface area contributed by atoms with Crippen LogP contribution in [-0.4, -0.2) is 46.6 Å². The topological polar surface area (TPSA) is 124 Å². The summed E-state index contributed by atoms with van der Waals surface area (Å²) in [7, 11) is -1.25. The highest BCUT2D eigenvalue weighted by Crippen LogP contribution is 2.48. The number of carbonyl (C=O) groups excluding carboxylic acids is 2. The van der Waals surface area contributed by atoms with Crippen molar-refractivity contribution in [3.8, 4) is 0 Å². The summed E-state index contributed by atoms with van der Waals surface area (Å²) < 4.78 is 27.4. The number of nitrogens with zero attached hydrogens (tertiary/aromatic N) is 3. The zero-order valence-corrected chi connectivity index (χ0v) is 27.5. The van der Waals surface area contributed by atoms with Crippen LogP contribution in [0.15, 0.2) is 101 Å². The summed E-state index contributed by atoms with van der Waals surface area (Å²) in [5, 5.41) is 11.1. The molecule has 0 aliphatic carbocycles. The number of esters is 1. The van der Waals surface area contributed by atoms with Gasteiger partial charge in [-0.2, -0.15) is 9.55 Å². The predicted molar refractivity (Wildman–Crippen MR) is 180 cm³/mol. The lowest BCUT2D eigenvalue weighted by atomic mass is 10.1. The molecule has 12 heteroatoms. The Bertz CT molecular complexity index is 1950. The summed E-state index contributed by atoms with van der Waals surface area (Å²) in [6.07, 6.45) is 5.31. The van der Waals surface area contributed by atoms with Gasteiger partial charge in [-0.1, -0.05) is 54.2 Å². The van der Waals surface area contributed by atoms with E-state index in [9.17, 15) is 14.2 Å². The molecular formula is C34H34N5O5PS. The minimum absolute atomic E-state index is 0.000744. The first kappa shape index (κ1) is 32.8. The number of nitrogens with one attached hydrogen (secondary N) is 2. The lowest BCUT2D eigenvalue weighted by molar-refractivity contribution is -0.142. The molecule has 0 fully saturated rings. The number of methoxy groups -OCH3 is 1. The van der Waals surface area contributed by atoms with Crippen molar-refractivity contribution in [2.75, 3.05) is 14.2 Å². The average molecular weight is 656 g/mol. The molecule has 236 valence electrons. The second-order valence-corrected chi connectivity index (χ2v) is 13.4. The van der Waals surface area contributed by atoms with E-state index >= 15 is 0 Å². The fourth-order valence-electron chi connectivity index (χ4n) is 4.68. The number of pyridine rings is 1. The molecule has 0 saturated carbocycles. The van der Waals surface area contributed by atoms with Gasteiger partial charge >= 0.3 is 13.6 Å². The van der Waals surface area contributed by atoms with Gasteiger partial charge in [-0.3, -0.25) is 19.1 Å². The first-order chi connectivity index (χ1) is 22.2. The summed E-state index contributed by atoms with van der Waals surface area (Å²) in [5.74, 6) is -0.806. The third-order valence-corrected chi connectivity index (χ3v) is 10.2. The summed E-state index contributed by atoms with van der Waals surface area (Å²) in [6, 6.07) is 25.2. The molecule has 1 amide bonds. The van der Waals surface area contributed by atoms with Gasteiger partial charge in [-0.15, -0.1) is 0 Å². The smallest absolute Gasteiger partial charge is 0.389 e. The van der Waals surface area contributed by atoms with Gasteiger partial charge in [0.2, 0.25) is 0 Å². The number of ether oxygens (including phenoxy) is 1. The number of aromatic nitrogens is 3. The Morgan fingerprint density at radius 2 is 1.78 bits per heavy atom. The molecule has 0 bridgehead atoms. The van der Waals surface area contributed by atoms with Crippen LogP contribution >= 0.6 is 19.4 Å². The van der Waals surface area contributed by atoms with Crippen molar-refractivity contribution < 1.29 is 23.4 Å². The maximum atomic E-state index is 14.9. The van der Waals surface area contributed by atoms with Gasteiger partial charge in [-0.25, -0.2) is 9.65 Å². The Morgan fingerprint density at radius 3 is 2.52 bits per heavy atom. The highest BCUT2D eigenvalue weighted by Gasteiger charge is 2.34. The largest absolute Gasteiger partial charge is 0.468 e. The molecule has 1 unspecified atom stereocenters. The van der Waals surface area contributed by atoms with E-state index < -0.39 is 19.7 Å². The van der Waals surface area contributed by atoms with E-state index in [1.807, 2.05) is 91.9 Å². The summed E-state index contributed by atoms with van der Waals surface area (Å²) >= 11 is 1.39. The van der Waals surface area contributed by atoms with E-state index in [0.29, 0.717) is 22.2 Å². The Morgan fingerprint density at radius 1 is 1.02 bits per heavy atom.